The van der Waals surface area contributed by atoms with Gasteiger partial charge >= 0.3 is 6.03 Å². The molecule has 0 aromatic carbocycles. The van der Waals surface area contributed by atoms with Crippen LogP contribution in [0.25, 0.3) is 0 Å². The van der Waals surface area contributed by atoms with Crippen LogP contribution in [0.1, 0.15) is 43.2 Å². The molecule has 9 nitrogen and oxygen atoms in total. The molecule has 2 fully saturated rings. The van der Waals surface area contributed by atoms with Crippen molar-refractivity contribution in [3.05, 3.63) is 11.6 Å². The molecule has 140 valence electrons. The largest absolute Gasteiger partial charge is 0.423 e. The highest BCUT2D eigenvalue weighted by atomic mass is 16.4. The van der Waals surface area contributed by atoms with Crippen LogP contribution in [0.5, 0.6) is 0 Å². The number of imide groups is 1. The highest BCUT2D eigenvalue weighted by Crippen LogP contribution is 2.41. The van der Waals surface area contributed by atoms with Crippen molar-refractivity contribution < 1.29 is 14.0 Å². The summed E-state index contributed by atoms with van der Waals surface area (Å²) in [4.78, 5) is 31.3. The number of rotatable bonds is 6. The maximum absolute atomic E-state index is 11.6. The van der Waals surface area contributed by atoms with Crippen LogP contribution in [0.2, 0.25) is 0 Å². The van der Waals surface area contributed by atoms with Gasteiger partial charge < -0.3 is 14.6 Å². The average Bonchev–Trinajstić information content (AvgIpc) is 3.41. The molecule has 1 aliphatic carbocycles. The van der Waals surface area contributed by atoms with E-state index in [1.165, 1.54) is 7.05 Å². The molecule has 0 spiro atoms. The lowest BCUT2D eigenvalue weighted by Gasteiger charge is -2.34. The average molecular weight is 360 g/mol. The van der Waals surface area contributed by atoms with Crippen LogP contribution < -0.4 is 15.5 Å². The Morgan fingerprint density at radius 2 is 2.04 bits per heavy atom. The fourth-order valence-electron chi connectivity index (χ4n) is 3.01. The van der Waals surface area contributed by atoms with E-state index in [1.54, 1.807) is 0 Å². The van der Waals surface area contributed by atoms with E-state index in [0.717, 1.165) is 45.6 Å². The van der Waals surface area contributed by atoms with Crippen molar-refractivity contribution in [1.82, 2.24) is 20.5 Å². The molecule has 0 radical (unpaired) electrons. The van der Waals surface area contributed by atoms with Gasteiger partial charge in [-0.25, -0.2) is 9.78 Å². The fraction of sp³-hybridized carbons (Fsp3) is 0.647. The topological polar surface area (TPSA) is 114 Å². The second-order valence-corrected chi connectivity index (χ2v) is 6.65. The maximum atomic E-state index is 11.6. The molecule has 0 unspecified atom stereocenters. The smallest absolute Gasteiger partial charge is 0.321 e. The van der Waals surface area contributed by atoms with Gasteiger partial charge in [0.2, 0.25) is 23.4 Å². The number of anilines is 1. The van der Waals surface area contributed by atoms with Crippen LogP contribution in [0.3, 0.4) is 0 Å². The van der Waals surface area contributed by atoms with E-state index >= 15 is 0 Å². The van der Waals surface area contributed by atoms with Crippen molar-refractivity contribution in [2.45, 2.75) is 31.6 Å². The molecule has 1 saturated carbocycles. The molecule has 2 heterocycles. The summed E-state index contributed by atoms with van der Waals surface area (Å²) in [6.45, 7) is 3.99. The van der Waals surface area contributed by atoms with Crippen LogP contribution in [0, 0.1) is 11.3 Å². The van der Waals surface area contributed by atoms with Crippen LogP contribution in [-0.2, 0) is 4.79 Å². The molecule has 9 heteroatoms. The lowest BCUT2D eigenvalue weighted by molar-refractivity contribution is -0.120. The molecule has 3 amide bonds. The molecule has 1 aromatic rings. The van der Waals surface area contributed by atoms with Crippen molar-refractivity contribution in [2.24, 2.45) is 0 Å². The normalized spacial score (nSPS) is 17.6. The Bertz CT molecular complexity index is 698. The molecular formula is C17H24N6O3. The predicted octanol–water partition coefficient (Wildman–Crippen LogP) is 0.781. The number of piperazine rings is 1. The Kier molecular flexibility index (Phi) is 5.73. The predicted molar refractivity (Wildman–Crippen MR) is 93.7 cm³/mol. The number of hydrogen-bond acceptors (Lipinski definition) is 7. The number of urea groups is 1. The first-order valence-corrected chi connectivity index (χ1v) is 9.00. The zero-order valence-electron chi connectivity index (χ0n) is 15.0. The van der Waals surface area contributed by atoms with Gasteiger partial charge in [0, 0.05) is 45.6 Å². The Morgan fingerprint density at radius 3 is 2.65 bits per heavy atom. The summed E-state index contributed by atoms with van der Waals surface area (Å²) in [5.41, 5.74) is 0.381. The van der Waals surface area contributed by atoms with Gasteiger partial charge in [-0.1, -0.05) is 0 Å². The summed E-state index contributed by atoms with van der Waals surface area (Å²) in [7, 11) is 1.47. The quantitative estimate of drug-likeness (QED) is 0.770. The van der Waals surface area contributed by atoms with Gasteiger partial charge in [0.05, 0.1) is 0 Å². The molecule has 2 N–H and O–H groups in total. The SMILES string of the molecule is CNC(=O)NC(=O)CCCN1CCN(c2oc(C3CC3)nc2C#N)CC1. The van der Waals surface area contributed by atoms with Crippen molar-refractivity contribution in [1.29, 1.82) is 5.26 Å². The van der Waals surface area contributed by atoms with Crippen molar-refractivity contribution in [3.63, 3.8) is 0 Å². The third-order valence-corrected chi connectivity index (χ3v) is 4.68. The number of hydrogen-bond donors (Lipinski definition) is 2. The Balaban J connectivity index is 1.42. The molecular weight excluding hydrogens is 336 g/mol. The molecule has 2 aliphatic rings. The first-order valence-electron chi connectivity index (χ1n) is 9.00. The number of amides is 3. The summed E-state index contributed by atoms with van der Waals surface area (Å²) < 4.78 is 5.85. The van der Waals surface area contributed by atoms with E-state index in [1.807, 2.05) is 0 Å². The van der Waals surface area contributed by atoms with Crippen molar-refractivity contribution in [3.8, 4) is 6.07 Å². The zero-order valence-corrected chi connectivity index (χ0v) is 15.0. The summed E-state index contributed by atoms with van der Waals surface area (Å²) in [5.74, 6) is 1.41. The minimum absolute atomic E-state index is 0.268. The second-order valence-electron chi connectivity index (χ2n) is 6.65. The standard InChI is InChI=1S/C17H24N6O3/c1-19-17(25)21-14(24)3-2-6-22-7-9-23(10-8-22)16-13(11-18)20-15(26-16)12-4-5-12/h12H,2-10H2,1H3,(H2,19,21,24,25). The van der Waals surface area contributed by atoms with E-state index in [0.29, 0.717) is 36.2 Å². The highest BCUT2D eigenvalue weighted by Gasteiger charge is 2.32. The van der Waals surface area contributed by atoms with E-state index in [9.17, 15) is 14.9 Å². The number of aromatic nitrogens is 1. The third kappa shape index (κ3) is 4.52. The van der Waals surface area contributed by atoms with Crippen LogP contribution >= 0.6 is 0 Å². The van der Waals surface area contributed by atoms with Crippen molar-refractivity contribution >= 4 is 17.8 Å². The Labute approximate surface area is 152 Å². The van der Waals surface area contributed by atoms with E-state index in [-0.39, 0.29) is 5.91 Å². The van der Waals surface area contributed by atoms with Gasteiger partial charge in [-0.05, 0) is 25.8 Å². The van der Waals surface area contributed by atoms with E-state index in [4.69, 9.17) is 4.42 Å². The summed E-state index contributed by atoms with van der Waals surface area (Å²) in [6, 6.07) is 1.66. The third-order valence-electron chi connectivity index (χ3n) is 4.68. The van der Waals surface area contributed by atoms with Gasteiger partial charge in [-0.3, -0.25) is 15.0 Å². The van der Waals surface area contributed by atoms with Gasteiger partial charge in [0.25, 0.3) is 0 Å². The monoisotopic (exact) mass is 360 g/mol. The number of carbonyl (C=O) groups excluding carboxylic acids is 2. The molecule has 0 bridgehead atoms. The second kappa shape index (κ2) is 8.19. The summed E-state index contributed by atoms with van der Waals surface area (Å²) in [6.07, 6.45) is 3.19. The molecule has 1 saturated heterocycles. The van der Waals surface area contributed by atoms with Gasteiger partial charge in [0.15, 0.2) is 0 Å². The van der Waals surface area contributed by atoms with Crippen LogP contribution in [0.4, 0.5) is 10.7 Å². The van der Waals surface area contributed by atoms with E-state index in [2.05, 4.69) is 31.5 Å². The molecule has 3 rings (SSSR count). The number of nitrogens with zero attached hydrogens (tertiary/aromatic N) is 4. The molecule has 1 aliphatic heterocycles. The fourth-order valence-corrected chi connectivity index (χ4v) is 3.01. The van der Waals surface area contributed by atoms with E-state index < -0.39 is 6.03 Å². The minimum Gasteiger partial charge on any atom is -0.423 e. The number of oxazole rings is 1. The number of nitrogens with one attached hydrogen (secondary N) is 2. The number of nitriles is 1. The molecule has 26 heavy (non-hydrogen) atoms. The molecule has 0 atom stereocenters. The molecule has 1 aromatic heterocycles. The highest BCUT2D eigenvalue weighted by molar-refractivity contribution is 5.94. The van der Waals surface area contributed by atoms with Crippen LogP contribution in [0.15, 0.2) is 4.42 Å². The Morgan fingerprint density at radius 1 is 1.31 bits per heavy atom. The zero-order chi connectivity index (χ0) is 18.5. The summed E-state index contributed by atoms with van der Waals surface area (Å²) in [5, 5.41) is 13.9. The van der Waals surface area contributed by atoms with Gasteiger partial charge in [-0.2, -0.15) is 5.26 Å². The number of carbonyl (C=O) groups is 2. The first kappa shape index (κ1) is 18.2. The van der Waals surface area contributed by atoms with Crippen LogP contribution in [-0.4, -0.2) is 61.6 Å². The maximum Gasteiger partial charge on any atom is 0.321 e. The first-order chi connectivity index (χ1) is 12.6. The lowest BCUT2D eigenvalue weighted by Crippen LogP contribution is -2.47. The van der Waals surface area contributed by atoms with Gasteiger partial charge in [0.1, 0.15) is 6.07 Å². The lowest BCUT2D eigenvalue weighted by atomic mass is 10.2. The summed E-state index contributed by atoms with van der Waals surface area (Å²) >= 11 is 0. The van der Waals surface area contributed by atoms with Crippen molar-refractivity contribution in [2.75, 3.05) is 44.7 Å². The van der Waals surface area contributed by atoms with Gasteiger partial charge in [-0.15, -0.1) is 0 Å². The Hall–Kier alpha value is -2.60. The minimum atomic E-state index is -0.477.